The lowest BCUT2D eigenvalue weighted by Gasteiger charge is -2.24. The molecule has 0 aliphatic carbocycles. The van der Waals surface area contributed by atoms with E-state index in [-0.39, 0.29) is 6.04 Å². The van der Waals surface area contributed by atoms with Gasteiger partial charge in [0.2, 0.25) is 0 Å². The van der Waals surface area contributed by atoms with Crippen molar-refractivity contribution in [2.75, 3.05) is 13.1 Å². The van der Waals surface area contributed by atoms with Crippen molar-refractivity contribution in [2.45, 2.75) is 43.9 Å². The van der Waals surface area contributed by atoms with Crippen LogP contribution in [-0.2, 0) is 16.4 Å². The fraction of sp³-hybridized carbons (Fsp3) is 0.667. The maximum absolute atomic E-state index is 12.5. The Morgan fingerprint density at radius 1 is 1.39 bits per heavy atom. The molecule has 0 aliphatic rings. The molecule has 1 aromatic heterocycles. The van der Waals surface area contributed by atoms with Gasteiger partial charge in [0.25, 0.3) is 10.0 Å². The summed E-state index contributed by atoms with van der Waals surface area (Å²) < 4.78 is 27.0. The Bertz CT molecular complexity index is 466. The molecule has 0 amide bonds. The summed E-state index contributed by atoms with van der Waals surface area (Å²) in [5, 5.41) is 0. The molecule has 0 fully saturated rings. The summed E-state index contributed by atoms with van der Waals surface area (Å²) >= 11 is 1.33. The third kappa shape index (κ3) is 3.54. The summed E-state index contributed by atoms with van der Waals surface area (Å²) in [5.74, 6) is 0. The van der Waals surface area contributed by atoms with Gasteiger partial charge in [0, 0.05) is 17.5 Å². The summed E-state index contributed by atoms with van der Waals surface area (Å²) in [7, 11) is -3.35. The van der Waals surface area contributed by atoms with Gasteiger partial charge >= 0.3 is 0 Å². The highest BCUT2D eigenvalue weighted by Crippen LogP contribution is 2.26. The van der Waals surface area contributed by atoms with E-state index in [1.54, 1.807) is 10.4 Å². The number of rotatable bonds is 7. The zero-order chi connectivity index (χ0) is 13.8. The van der Waals surface area contributed by atoms with E-state index in [9.17, 15) is 8.42 Å². The van der Waals surface area contributed by atoms with Crippen molar-refractivity contribution in [1.29, 1.82) is 0 Å². The predicted molar refractivity (Wildman–Crippen MR) is 76.4 cm³/mol. The molecule has 1 rings (SSSR count). The molecule has 4 nitrogen and oxygen atoms in total. The Morgan fingerprint density at radius 2 is 2.06 bits per heavy atom. The number of sulfonamides is 1. The molecule has 104 valence electrons. The van der Waals surface area contributed by atoms with E-state index in [1.165, 1.54) is 11.3 Å². The molecule has 0 atom stereocenters. The lowest BCUT2D eigenvalue weighted by Crippen LogP contribution is -2.37. The van der Waals surface area contributed by atoms with Crippen molar-refractivity contribution < 1.29 is 8.42 Å². The lowest BCUT2D eigenvalue weighted by molar-refractivity contribution is 0.355. The molecule has 0 saturated carbocycles. The van der Waals surface area contributed by atoms with Gasteiger partial charge in [-0.2, -0.15) is 4.31 Å². The highest BCUT2D eigenvalue weighted by Gasteiger charge is 2.27. The van der Waals surface area contributed by atoms with E-state index in [0.29, 0.717) is 17.3 Å². The van der Waals surface area contributed by atoms with Gasteiger partial charge in [0.05, 0.1) is 0 Å². The molecule has 18 heavy (non-hydrogen) atoms. The molecule has 0 radical (unpaired) electrons. The first kappa shape index (κ1) is 15.6. The fourth-order valence-electron chi connectivity index (χ4n) is 1.77. The van der Waals surface area contributed by atoms with Crippen LogP contribution in [-0.4, -0.2) is 31.9 Å². The highest BCUT2D eigenvalue weighted by molar-refractivity contribution is 7.91. The summed E-state index contributed by atoms with van der Waals surface area (Å²) in [6.07, 6.45) is 1.55. The minimum absolute atomic E-state index is 0.0185. The van der Waals surface area contributed by atoms with Crippen LogP contribution in [0.2, 0.25) is 0 Å². The fourth-order valence-corrected chi connectivity index (χ4v) is 4.99. The maximum atomic E-state index is 12.5. The molecule has 0 saturated heterocycles. The molecular weight excluding hydrogens is 268 g/mol. The normalized spacial score (nSPS) is 12.6. The number of hydrogen-bond acceptors (Lipinski definition) is 4. The van der Waals surface area contributed by atoms with Crippen LogP contribution in [0.1, 0.15) is 32.1 Å². The van der Waals surface area contributed by atoms with Crippen LogP contribution in [0.15, 0.2) is 16.3 Å². The third-order valence-electron chi connectivity index (χ3n) is 2.61. The Morgan fingerprint density at radius 3 is 2.56 bits per heavy atom. The van der Waals surface area contributed by atoms with E-state index >= 15 is 0 Å². The van der Waals surface area contributed by atoms with Gasteiger partial charge in [0.15, 0.2) is 0 Å². The molecular formula is C12H22N2O2S2. The summed E-state index contributed by atoms with van der Waals surface area (Å²) in [6.45, 7) is 6.90. The standard InChI is InChI=1S/C12H22N2O2S2/c1-4-9-14(10(2)3)18(15,16)12-6-5-11(17-12)7-8-13/h5-6,10H,4,7-9,13H2,1-3H3. The molecule has 6 heteroatoms. The second kappa shape index (κ2) is 6.65. The van der Waals surface area contributed by atoms with Crippen molar-refractivity contribution in [1.82, 2.24) is 4.31 Å². The van der Waals surface area contributed by atoms with Gasteiger partial charge in [-0.25, -0.2) is 8.42 Å². The zero-order valence-electron chi connectivity index (χ0n) is 11.2. The second-order valence-corrected chi connectivity index (χ2v) is 7.75. The van der Waals surface area contributed by atoms with E-state index in [2.05, 4.69) is 0 Å². The summed E-state index contributed by atoms with van der Waals surface area (Å²) in [5.41, 5.74) is 5.48. The molecule has 1 heterocycles. The topological polar surface area (TPSA) is 63.4 Å². The molecule has 0 aliphatic heterocycles. The quantitative estimate of drug-likeness (QED) is 0.836. The van der Waals surface area contributed by atoms with Crippen LogP contribution in [0.25, 0.3) is 0 Å². The first-order valence-electron chi connectivity index (χ1n) is 6.24. The molecule has 0 unspecified atom stereocenters. The van der Waals surface area contributed by atoms with Gasteiger partial charge in [-0.1, -0.05) is 6.92 Å². The number of thiophene rings is 1. The van der Waals surface area contributed by atoms with E-state index in [1.807, 2.05) is 26.8 Å². The van der Waals surface area contributed by atoms with Crippen molar-refractivity contribution in [3.63, 3.8) is 0 Å². The first-order chi connectivity index (χ1) is 8.43. The smallest absolute Gasteiger partial charge is 0.252 e. The largest absolute Gasteiger partial charge is 0.330 e. The van der Waals surface area contributed by atoms with Crippen LogP contribution in [0.4, 0.5) is 0 Å². The van der Waals surface area contributed by atoms with Crippen LogP contribution < -0.4 is 5.73 Å². The number of hydrogen-bond donors (Lipinski definition) is 1. The maximum Gasteiger partial charge on any atom is 0.252 e. The van der Waals surface area contributed by atoms with E-state index in [0.717, 1.165) is 17.7 Å². The van der Waals surface area contributed by atoms with Crippen molar-refractivity contribution in [3.05, 3.63) is 17.0 Å². The van der Waals surface area contributed by atoms with E-state index < -0.39 is 10.0 Å². The van der Waals surface area contributed by atoms with Gasteiger partial charge < -0.3 is 5.73 Å². The minimum atomic E-state index is -3.35. The zero-order valence-corrected chi connectivity index (χ0v) is 12.9. The van der Waals surface area contributed by atoms with Crippen LogP contribution >= 0.6 is 11.3 Å². The van der Waals surface area contributed by atoms with Gasteiger partial charge in [-0.05, 0) is 45.4 Å². The molecule has 2 N–H and O–H groups in total. The van der Waals surface area contributed by atoms with Crippen molar-refractivity contribution >= 4 is 21.4 Å². The number of nitrogens with zero attached hydrogens (tertiary/aromatic N) is 1. The van der Waals surface area contributed by atoms with Crippen LogP contribution in [0.5, 0.6) is 0 Å². The van der Waals surface area contributed by atoms with Gasteiger partial charge in [-0.3, -0.25) is 0 Å². The van der Waals surface area contributed by atoms with Gasteiger partial charge in [0.1, 0.15) is 4.21 Å². The SMILES string of the molecule is CCCN(C(C)C)S(=O)(=O)c1ccc(CCN)s1. The van der Waals surface area contributed by atoms with Crippen LogP contribution in [0.3, 0.4) is 0 Å². The summed E-state index contributed by atoms with van der Waals surface area (Å²) in [4.78, 5) is 1.02. The first-order valence-corrected chi connectivity index (χ1v) is 8.49. The Hall–Kier alpha value is -0.430. The Labute approximate surface area is 114 Å². The summed E-state index contributed by atoms with van der Waals surface area (Å²) in [6, 6.07) is 3.53. The van der Waals surface area contributed by atoms with Crippen LogP contribution in [0, 0.1) is 0 Å². The second-order valence-electron chi connectivity index (χ2n) is 4.47. The molecule has 1 aromatic rings. The molecule has 0 aromatic carbocycles. The minimum Gasteiger partial charge on any atom is -0.330 e. The van der Waals surface area contributed by atoms with Crippen molar-refractivity contribution in [2.24, 2.45) is 5.73 Å². The Balaban J connectivity index is 3.02. The van der Waals surface area contributed by atoms with Crippen molar-refractivity contribution in [3.8, 4) is 0 Å². The monoisotopic (exact) mass is 290 g/mol. The van der Waals surface area contributed by atoms with E-state index in [4.69, 9.17) is 5.73 Å². The average molecular weight is 290 g/mol. The average Bonchev–Trinajstić information content (AvgIpc) is 2.75. The molecule has 0 bridgehead atoms. The van der Waals surface area contributed by atoms with Gasteiger partial charge in [-0.15, -0.1) is 11.3 Å². The predicted octanol–water partition coefficient (Wildman–Crippen LogP) is 2.06. The third-order valence-corrected chi connectivity index (χ3v) is 6.30. The highest BCUT2D eigenvalue weighted by atomic mass is 32.2. The molecule has 0 spiro atoms. The lowest BCUT2D eigenvalue weighted by atomic mass is 10.3. The Kier molecular flexibility index (Phi) is 5.78. The number of nitrogens with two attached hydrogens (primary N) is 1.